The molecule has 0 saturated heterocycles. The molecule has 0 atom stereocenters. The lowest BCUT2D eigenvalue weighted by Crippen LogP contribution is -2.39. The fourth-order valence-corrected chi connectivity index (χ4v) is 4.86. The Kier molecular flexibility index (Phi) is 4.76. The van der Waals surface area contributed by atoms with Crippen LogP contribution in [-0.2, 0) is 15.9 Å². The number of nitrogens with one attached hydrogen (secondary N) is 1. The normalized spacial score (nSPS) is 24.2. The van der Waals surface area contributed by atoms with Crippen LogP contribution in [0.1, 0.15) is 44.0 Å². The maximum atomic E-state index is 12.8. The van der Waals surface area contributed by atoms with Gasteiger partial charge in [0, 0.05) is 13.1 Å². The Labute approximate surface area is 125 Å². The summed E-state index contributed by atoms with van der Waals surface area (Å²) >= 11 is 5.80. The van der Waals surface area contributed by atoms with Crippen LogP contribution < -0.4 is 0 Å². The maximum absolute atomic E-state index is 12.8. The Morgan fingerprint density at radius 1 is 1.35 bits per heavy atom. The van der Waals surface area contributed by atoms with Crippen molar-refractivity contribution in [3.63, 3.8) is 0 Å². The van der Waals surface area contributed by atoms with Gasteiger partial charge in [-0.05, 0) is 38.5 Å². The highest BCUT2D eigenvalue weighted by Gasteiger charge is 2.34. The first-order valence-corrected chi connectivity index (χ1v) is 8.93. The van der Waals surface area contributed by atoms with Crippen LogP contribution in [0.5, 0.6) is 0 Å². The van der Waals surface area contributed by atoms with Gasteiger partial charge >= 0.3 is 0 Å². The highest BCUT2D eigenvalue weighted by atomic mass is 35.5. The van der Waals surface area contributed by atoms with Crippen LogP contribution in [0.3, 0.4) is 0 Å². The number of aromatic nitrogens is 2. The summed E-state index contributed by atoms with van der Waals surface area (Å²) in [6, 6.07) is 0.0775. The van der Waals surface area contributed by atoms with Crippen molar-refractivity contribution in [2.45, 2.75) is 56.3 Å². The summed E-state index contributed by atoms with van der Waals surface area (Å²) in [5.41, 5.74) is 0.955. The molecule has 7 heteroatoms. The van der Waals surface area contributed by atoms with Gasteiger partial charge in [0.25, 0.3) is 0 Å². The minimum atomic E-state index is -3.53. The van der Waals surface area contributed by atoms with Gasteiger partial charge in [0.1, 0.15) is 4.90 Å². The summed E-state index contributed by atoms with van der Waals surface area (Å²) in [6.07, 6.45) is 4.00. The molecule has 0 amide bonds. The van der Waals surface area contributed by atoms with Crippen LogP contribution in [0.15, 0.2) is 4.90 Å². The highest BCUT2D eigenvalue weighted by molar-refractivity contribution is 7.89. The van der Waals surface area contributed by atoms with Gasteiger partial charge in [-0.25, -0.2) is 8.42 Å². The van der Waals surface area contributed by atoms with Crippen LogP contribution in [0, 0.1) is 12.8 Å². The fourth-order valence-electron chi connectivity index (χ4n) is 2.85. The summed E-state index contributed by atoms with van der Waals surface area (Å²) < 4.78 is 27.1. The first-order valence-electron chi connectivity index (χ1n) is 6.95. The topological polar surface area (TPSA) is 66.1 Å². The zero-order valence-electron chi connectivity index (χ0n) is 12.2. The van der Waals surface area contributed by atoms with Crippen molar-refractivity contribution >= 4 is 21.6 Å². The van der Waals surface area contributed by atoms with Crippen LogP contribution in [0.2, 0.25) is 0 Å². The Hall–Kier alpha value is -0.590. The average molecular weight is 320 g/mol. The van der Waals surface area contributed by atoms with E-state index in [1.165, 1.54) is 4.31 Å². The summed E-state index contributed by atoms with van der Waals surface area (Å²) in [5, 5.41) is 6.70. The number of aromatic amines is 1. The van der Waals surface area contributed by atoms with Crippen LogP contribution in [-0.4, -0.2) is 36.0 Å². The zero-order chi connectivity index (χ0) is 14.9. The summed E-state index contributed by atoms with van der Waals surface area (Å²) in [4.78, 5) is 0.244. The number of halogens is 1. The molecule has 1 aromatic rings. The van der Waals surface area contributed by atoms with Crippen LogP contribution in [0.25, 0.3) is 0 Å². The van der Waals surface area contributed by atoms with Crippen molar-refractivity contribution in [3.8, 4) is 0 Å². The van der Waals surface area contributed by atoms with Crippen molar-refractivity contribution in [1.29, 1.82) is 0 Å². The minimum absolute atomic E-state index is 0.0775. The molecule has 114 valence electrons. The molecule has 1 aromatic heterocycles. The van der Waals surface area contributed by atoms with Crippen molar-refractivity contribution < 1.29 is 8.42 Å². The predicted molar refractivity (Wildman–Crippen MR) is 79.3 cm³/mol. The van der Waals surface area contributed by atoms with E-state index in [2.05, 4.69) is 17.1 Å². The Morgan fingerprint density at radius 3 is 2.50 bits per heavy atom. The molecule has 0 radical (unpaired) electrons. The monoisotopic (exact) mass is 319 g/mol. The molecular weight excluding hydrogens is 298 g/mol. The lowest BCUT2D eigenvalue weighted by atomic mass is 9.87. The van der Waals surface area contributed by atoms with Gasteiger partial charge in [-0.15, -0.1) is 11.6 Å². The van der Waals surface area contributed by atoms with Crippen LogP contribution in [0.4, 0.5) is 0 Å². The summed E-state index contributed by atoms with van der Waals surface area (Å²) in [6.45, 7) is 3.93. The number of alkyl halides is 1. The number of aryl methyl sites for hydroxylation is 1. The van der Waals surface area contributed by atoms with Gasteiger partial charge in [0.15, 0.2) is 0 Å². The Balaban J connectivity index is 2.27. The van der Waals surface area contributed by atoms with E-state index in [0.717, 1.165) is 25.7 Å². The second-order valence-electron chi connectivity index (χ2n) is 5.69. The van der Waals surface area contributed by atoms with Crippen LogP contribution >= 0.6 is 11.6 Å². The highest BCUT2D eigenvalue weighted by Crippen LogP contribution is 2.31. The first kappa shape index (κ1) is 15.8. The zero-order valence-corrected chi connectivity index (χ0v) is 13.8. The summed E-state index contributed by atoms with van der Waals surface area (Å²) in [5.74, 6) is 0.783. The molecular formula is C13H22ClN3O2S. The van der Waals surface area contributed by atoms with Crippen molar-refractivity contribution in [2.75, 3.05) is 7.05 Å². The molecule has 0 bridgehead atoms. The van der Waals surface area contributed by atoms with Gasteiger partial charge in [-0.1, -0.05) is 6.92 Å². The van der Waals surface area contributed by atoms with Gasteiger partial charge in [0.05, 0.1) is 17.3 Å². The maximum Gasteiger partial charge on any atom is 0.246 e. The standard InChI is InChI=1S/C13H22ClN3O2S/c1-9-4-6-11(7-5-9)17(3)20(18,19)13-10(2)15-16-12(13)8-14/h9,11H,4-8H2,1-3H3,(H,15,16). The minimum Gasteiger partial charge on any atom is -0.281 e. The first-order chi connectivity index (χ1) is 9.37. The smallest absolute Gasteiger partial charge is 0.246 e. The lowest BCUT2D eigenvalue weighted by Gasteiger charge is -2.32. The van der Waals surface area contributed by atoms with E-state index in [4.69, 9.17) is 11.6 Å². The van der Waals surface area contributed by atoms with Crippen molar-refractivity contribution in [3.05, 3.63) is 11.4 Å². The van der Waals surface area contributed by atoms with Gasteiger partial charge in [-0.2, -0.15) is 9.40 Å². The van der Waals surface area contributed by atoms with E-state index in [0.29, 0.717) is 17.3 Å². The third-order valence-corrected chi connectivity index (χ3v) is 6.59. The number of hydrogen-bond acceptors (Lipinski definition) is 3. The SMILES string of the molecule is Cc1[nH]nc(CCl)c1S(=O)(=O)N(C)C1CCC(C)CC1. The molecule has 0 aromatic carbocycles. The molecule has 1 aliphatic rings. The fraction of sp³-hybridized carbons (Fsp3) is 0.769. The number of sulfonamides is 1. The lowest BCUT2D eigenvalue weighted by molar-refractivity contribution is 0.246. The van der Waals surface area contributed by atoms with E-state index >= 15 is 0 Å². The molecule has 1 N–H and O–H groups in total. The summed E-state index contributed by atoms with van der Waals surface area (Å²) in [7, 11) is -1.86. The molecule has 0 spiro atoms. The molecule has 1 fully saturated rings. The predicted octanol–water partition coefficient (Wildman–Crippen LogP) is 2.66. The molecule has 1 saturated carbocycles. The largest absolute Gasteiger partial charge is 0.281 e. The number of hydrogen-bond donors (Lipinski definition) is 1. The van der Waals surface area contributed by atoms with Crippen molar-refractivity contribution in [2.24, 2.45) is 5.92 Å². The average Bonchev–Trinajstić information content (AvgIpc) is 2.80. The van der Waals surface area contributed by atoms with E-state index in [1.54, 1.807) is 14.0 Å². The Bertz CT molecular complexity index is 562. The van der Waals surface area contributed by atoms with Gasteiger partial charge in [0.2, 0.25) is 10.0 Å². The molecule has 0 unspecified atom stereocenters. The van der Waals surface area contributed by atoms with Crippen molar-refractivity contribution in [1.82, 2.24) is 14.5 Å². The molecule has 2 rings (SSSR count). The Morgan fingerprint density at radius 2 is 1.95 bits per heavy atom. The van der Waals surface area contributed by atoms with E-state index in [1.807, 2.05) is 0 Å². The number of nitrogens with zero attached hydrogens (tertiary/aromatic N) is 2. The number of H-pyrrole nitrogens is 1. The molecule has 1 heterocycles. The third-order valence-electron chi connectivity index (χ3n) is 4.22. The van der Waals surface area contributed by atoms with E-state index in [-0.39, 0.29) is 16.8 Å². The molecule has 20 heavy (non-hydrogen) atoms. The second kappa shape index (κ2) is 6.03. The molecule has 5 nitrogen and oxygen atoms in total. The van der Waals surface area contributed by atoms with Gasteiger partial charge < -0.3 is 0 Å². The van der Waals surface area contributed by atoms with E-state index in [9.17, 15) is 8.42 Å². The second-order valence-corrected chi connectivity index (χ2v) is 7.89. The number of rotatable bonds is 4. The molecule has 0 aliphatic heterocycles. The quantitative estimate of drug-likeness (QED) is 0.868. The molecule has 1 aliphatic carbocycles. The van der Waals surface area contributed by atoms with Gasteiger partial charge in [-0.3, -0.25) is 5.10 Å². The van der Waals surface area contributed by atoms with E-state index < -0.39 is 10.0 Å². The third kappa shape index (κ3) is 2.87.